The molecule has 1 aromatic heterocycles. The van der Waals surface area contributed by atoms with Crippen molar-refractivity contribution in [3.05, 3.63) is 18.1 Å². The van der Waals surface area contributed by atoms with E-state index in [2.05, 4.69) is 36.1 Å². The third-order valence-electron chi connectivity index (χ3n) is 3.60. The predicted molar refractivity (Wildman–Crippen MR) is 76.1 cm³/mol. The van der Waals surface area contributed by atoms with Crippen molar-refractivity contribution in [1.82, 2.24) is 15.3 Å². The monoisotopic (exact) mass is 263 g/mol. The lowest BCUT2D eigenvalue weighted by Gasteiger charge is -2.26. The minimum absolute atomic E-state index is 0.318. The van der Waals surface area contributed by atoms with Gasteiger partial charge in [0.25, 0.3) is 0 Å². The Balaban J connectivity index is 1.88. The molecular formula is C15H25N3O. The molecule has 0 unspecified atom stereocenters. The van der Waals surface area contributed by atoms with Crippen LogP contribution >= 0.6 is 0 Å². The van der Waals surface area contributed by atoms with E-state index in [4.69, 9.17) is 4.74 Å². The summed E-state index contributed by atoms with van der Waals surface area (Å²) in [5, 5.41) is 3.34. The largest absolute Gasteiger partial charge is 0.473 e. The summed E-state index contributed by atoms with van der Waals surface area (Å²) >= 11 is 0. The molecule has 1 fully saturated rings. The minimum atomic E-state index is 0.318. The van der Waals surface area contributed by atoms with Gasteiger partial charge in [0.1, 0.15) is 6.10 Å². The summed E-state index contributed by atoms with van der Waals surface area (Å²) in [4.78, 5) is 8.73. The first-order valence-corrected chi connectivity index (χ1v) is 7.34. The molecule has 1 heterocycles. The zero-order valence-corrected chi connectivity index (χ0v) is 12.2. The third-order valence-corrected chi connectivity index (χ3v) is 3.60. The van der Waals surface area contributed by atoms with Crippen molar-refractivity contribution >= 4 is 0 Å². The molecule has 0 aromatic carbocycles. The van der Waals surface area contributed by atoms with Gasteiger partial charge in [0.15, 0.2) is 0 Å². The van der Waals surface area contributed by atoms with E-state index in [1.807, 2.05) is 0 Å². The van der Waals surface area contributed by atoms with Crippen molar-refractivity contribution in [2.75, 3.05) is 0 Å². The molecule has 106 valence electrons. The molecule has 0 saturated heterocycles. The fourth-order valence-corrected chi connectivity index (χ4v) is 2.36. The standard InChI is InChI=1S/C15H25N3O/c1-11(2)17-9-13-8-16-10-15(18-13)19-14-6-4-12(3)5-7-14/h8,10-12,14,17H,4-7,9H2,1-3H3. The van der Waals surface area contributed by atoms with Crippen LogP contribution in [0, 0.1) is 5.92 Å². The maximum atomic E-state index is 5.95. The van der Waals surface area contributed by atoms with Gasteiger partial charge in [-0.15, -0.1) is 0 Å². The predicted octanol–water partition coefficient (Wildman–Crippen LogP) is 2.93. The summed E-state index contributed by atoms with van der Waals surface area (Å²) in [6.45, 7) is 7.30. The quantitative estimate of drug-likeness (QED) is 0.887. The highest BCUT2D eigenvalue weighted by Gasteiger charge is 2.20. The van der Waals surface area contributed by atoms with Crippen LogP contribution in [0.15, 0.2) is 12.4 Å². The van der Waals surface area contributed by atoms with Gasteiger partial charge in [0.05, 0.1) is 11.9 Å². The Morgan fingerprint density at radius 2 is 2.00 bits per heavy atom. The van der Waals surface area contributed by atoms with Crippen molar-refractivity contribution < 1.29 is 4.74 Å². The molecule has 0 aliphatic heterocycles. The van der Waals surface area contributed by atoms with Crippen molar-refractivity contribution in [2.45, 2.75) is 65.1 Å². The number of nitrogens with one attached hydrogen (secondary N) is 1. The summed E-state index contributed by atoms with van der Waals surface area (Å²) < 4.78 is 5.95. The highest BCUT2D eigenvalue weighted by molar-refractivity contribution is 5.09. The van der Waals surface area contributed by atoms with Gasteiger partial charge in [-0.3, -0.25) is 4.98 Å². The van der Waals surface area contributed by atoms with E-state index in [-0.39, 0.29) is 0 Å². The molecule has 0 atom stereocenters. The fraction of sp³-hybridized carbons (Fsp3) is 0.733. The van der Waals surface area contributed by atoms with Crippen LogP contribution in [0.5, 0.6) is 5.88 Å². The van der Waals surface area contributed by atoms with Crippen LogP contribution < -0.4 is 10.1 Å². The van der Waals surface area contributed by atoms with E-state index in [0.717, 1.165) is 31.0 Å². The molecule has 1 saturated carbocycles. The van der Waals surface area contributed by atoms with Crippen LogP contribution in [-0.2, 0) is 6.54 Å². The molecule has 2 rings (SSSR count). The molecule has 0 spiro atoms. The summed E-state index contributed by atoms with van der Waals surface area (Å²) in [5.74, 6) is 1.51. The number of ether oxygens (including phenoxy) is 1. The van der Waals surface area contributed by atoms with Gasteiger partial charge in [-0.1, -0.05) is 20.8 Å². The van der Waals surface area contributed by atoms with Crippen LogP contribution in [0.25, 0.3) is 0 Å². The van der Waals surface area contributed by atoms with Gasteiger partial charge in [0.2, 0.25) is 5.88 Å². The topological polar surface area (TPSA) is 47.0 Å². The van der Waals surface area contributed by atoms with Gasteiger partial charge in [-0.2, -0.15) is 0 Å². The van der Waals surface area contributed by atoms with Crippen LogP contribution in [0.2, 0.25) is 0 Å². The molecular weight excluding hydrogens is 238 g/mol. The number of hydrogen-bond donors (Lipinski definition) is 1. The van der Waals surface area contributed by atoms with Crippen molar-refractivity contribution in [3.8, 4) is 5.88 Å². The Morgan fingerprint density at radius 1 is 1.26 bits per heavy atom. The Hall–Kier alpha value is -1.16. The van der Waals surface area contributed by atoms with Crippen molar-refractivity contribution in [2.24, 2.45) is 5.92 Å². The fourth-order valence-electron chi connectivity index (χ4n) is 2.36. The second kappa shape index (κ2) is 6.85. The van der Waals surface area contributed by atoms with Gasteiger partial charge >= 0.3 is 0 Å². The van der Waals surface area contributed by atoms with E-state index < -0.39 is 0 Å². The van der Waals surface area contributed by atoms with Crippen molar-refractivity contribution in [3.63, 3.8) is 0 Å². The third kappa shape index (κ3) is 4.78. The average Bonchev–Trinajstić information content (AvgIpc) is 2.40. The lowest BCUT2D eigenvalue weighted by molar-refractivity contribution is 0.129. The Kier molecular flexibility index (Phi) is 5.14. The van der Waals surface area contributed by atoms with Gasteiger partial charge in [-0.25, -0.2) is 4.98 Å². The molecule has 1 aliphatic carbocycles. The molecule has 4 nitrogen and oxygen atoms in total. The van der Waals surface area contributed by atoms with Gasteiger partial charge in [-0.05, 0) is 31.6 Å². The summed E-state index contributed by atoms with van der Waals surface area (Å²) in [6.07, 6.45) is 8.62. The van der Waals surface area contributed by atoms with Crippen LogP contribution in [-0.4, -0.2) is 22.1 Å². The lowest BCUT2D eigenvalue weighted by atomic mass is 9.89. The second-order valence-corrected chi connectivity index (χ2v) is 5.88. The zero-order chi connectivity index (χ0) is 13.7. The SMILES string of the molecule is CC1CCC(Oc2cncc(CNC(C)C)n2)CC1. The highest BCUT2D eigenvalue weighted by atomic mass is 16.5. The van der Waals surface area contributed by atoms with Crippen LogP contribution in [0.4, 0.5) is 0 Å². The van der Waals surface area contributed by atoms with Gasteiger partial charge < -0.3 is 10.1 Å². The first-order chi connectivity index (χ1) is 9.13. The highest BCUT2D eigenvalue weighted by Crippen LogP contribution is 2.26. The lowest BCUT2D eigenvalue weighted by Crippen LogP contribution is -2.24. The zero-order valence-electron chi connectivity index (χ0n) is 12.2. The second-order valence-electron chi connectivity index (χ2n) is 5.88. The van der Waals surface area contributed by atoms with Gasteiger partial charge in [0, 0.05) is 18.8 Å². The molecule has 1 N–H and O–H groups in total. The van der Waals surface area contributed by atoms with E-state index in [0.29, 0.717) is 18.0 Å². The molecule has 4 heteroatoms. The molecule has 0 amide bonds. The Bertz CT molecular complexity index is 387. The summed E-state index contributed by atoms with van der Waals surface area (Å²) in [7, 11) is 0. The summed E-state index contributed by atoms with van der Waals surface area (Å²) in [6, 6.07) is 0.450. The smallest absolute Gasteiger partial charge is 0.232 e. The molecule has 1 aromatic rings. The molecule has 19 heavy (non-hydrogen) atoms. The van der Waals surface area contributed by atoms with E-state index in [9.17, 15) is 0 Å². The van der Waals surface area contributed by atoms with E-state index >= 15 is 0 Å². The first-order valence-electron chi connectivity index (χ1n) is 7.34. The maximum Gasteiger partial charge on any atom is 0.232 e. The van der Waals surface area contributed by atoms with Crippen molar-refractivity contribution in [1.29, 1.82) is 0 Å². The Morgan fingerprint density at radius 3 is 2.68 bits per heavy atom. The van der Waals surface area contributed by atoms with E-state index in [1.54, 1.807) is 12.4 Å². The number of nitrogens with zero attached hydrogens (tertiary/aromatic N) is 2. The normalized spacial score (nSPS) is 23.6. The van der Waals surface area contributed by atoms with Crippen LogP contribution in [0.3, 0.4) is 0 Å². The number of hydrogen-bond acceptors (Lipinski definition) is 4. The first kappa shape index (κ1) is 14.3. The Labute approximate surface area is 116 Å². The van der Waals surface area contributed by atoms with E-state index in [1.165, 1.54) is 12.8 Å². The summed E-state index contributed by atoms with van der Waals surface area (Å²) in [5.41, 5.74) is 0.940. The molecule has 0 bridgehead atoms. The van der Waals surface area contributed by atoms with Crippen LogP contribution in [0.1, 0.15) is 52.1 Å². The number of rotatable bonds is 5. The maximum absolute atomic E-state index is 5.95. The molecule has 1 aliphatic rings. The molecule has 0 radical (unpaired) electrons. The number of aromatic nitrogens is 2. The minimum Gasteiger partial charge on any atom is -0.473 e. The average molecular weight is 263 g/mol.